The largest absolute Gasteiger partial charge is 0.256 e. The van der Waals surface area contributed by atoms with Gasteiger partial charge in [-0.05, 0) is 85.1 Å². The van der Waals surface area contributed by atoms with Gasteiger partial charge in [-0.1, -0.05) is 119 Å². The lowest BCUT2D eigenvalue weighted by Gasteiger charge is -2.26. The molecule has 1 aliphatic heterocycles. The topological polar surface area (TPSA) is 12.9 Å². The number of benzene rings is 4. The quantitative estimate of drug-likeness (QED) is 0.203. The van der Waals surface area contributed by atoms with Crippen molar-refractivity contribution in [3.63, 3.8) is 0 Å². The molecular weight excluding hydrogens is 515 g/mol. The minimum Gasteiger partial charge on any atom is -0.256 e. The molecule has 1 nitrogen and oxygen atoms in total. The molecule has 0 bridgehead atoms. The zero-order chi connectivity index (χ0) is 28.6. The van der Waals surface area contributed by atoms with Crippen molar-refractivity contribution in [3.05, 3.63) is 96.2 Å². The molecule has 0 spiro atoms. The Balaban J connectivity index is 1.53. The van der Waals surface area contributed by atoms with Crippen LogP contribution in [0.15, 0.2) is 85.1 Å². The summed E-state index contributed by atoms with van der Waals surface area (Å²) in [6.07, 6.45) is 2.03. The van der Waals surface area contributed by atoms with Gasteiger partial charge in [-0.25, -0.2) is 0 Å². The Bertz CT molecular complexity index is 1780. The van der Waals surface area contributed by atoms with E-state index in [1.54, 1.807) is 5.19 Å². The first kappa shape index (κ1) is 26.9. The second-order valence-corrected chi connectivity index (χ2v) is 23.5. The predicted octanol–water partition coefficient (Wildman–Crippen LogP) is 8.52. The van der Waals surface area contributed by atoms with Gasteiger partial charge in [0.25, 0.3) is 0 Å². The Morgan fingerprint density at radius 3 is 2.02 bits per heavy atom. The first-order valence-corrected chi connectivity index (χ1v) is 21.1. The molecule has 1 aliphatic rings. The lowest BCUT2D eigenvalue weighted by molar-refractivity contribution is 0.596. The van der Waals surface area contributed by atoms with Crippen molar-refractivity contribution in [1.82, 2.24) is 4.98 Å². The molecular formula is C37H41NSi2. The summed E-state index contributed by atoms with van der Waals surface area (Å²) in [6.45, 7) is 21.6. The average molecular weight is 556 g/mol. The Kier molecular flexibility index (Phi) is 6.14. The Hall–Kier alpha value is -3.28. The van der Waals surface area contributed by atoms with Crippen LogP contribution in [0.4, 0.5) is 0 Å². The Labute approximate surface area is 242 Å². The van der Waals surface area contributed by atoms with Crippen molar-refractivity contribution in [2.24, 2.45) is 0 Å². The summed E-state index contributed by atoms with van der Waals surface area (Å²) in [5.41, 5.74) is 10.8. The summed E-state index contributed by atoms with van der Waals surface area (Å²) < 4.78 is 0. The van der Waals surface area contributed by atoms with Gasteiger partial charge in [0, 0.05) is 11.8 Å². The molecule has 0 saturated carbocycles. The fraction of sp³-hybridized carbons (Fsp3) is 0.270. The SMILES string of the molecule is Cc1c(-c2ccc([Si](C)(C)C)cc2)ccc2c1[Si](C)(C)c1c-2ccnc1-c1cc(C(C)(C)C)c2ccccc2c1. The lowest BCUT2D eigenvalue weighted by atomic mass is 9.82. The summed E-state index contributed by atoms with van der Waals surface area (Å²) in [6, 6.07) is 30.0. The second kappa shape index (κ2) is 9.12. The molecule has 40 heavy (non-hydrogen) atoms. The Morgan fingerprint density at radius 2 is 1.35 bits per heavy atom. The van der Waals surface area contributed by atoms with Crippen LogP contribution in [0.2, 0.25) is 32.7 Å². The minimum absolute atomic E-state index is 0.0417. The van der Waals surface area contributed by atoms with Crippen LogP contribution in [0, 0.1) is 6.92 Å². The van der Waals surface area contributed by atoms with Gasteiger partial charge in [0.05, 0.1) is 13.8 Å². The van der Waals surface area contributed by atoms with E-state index in [1.807, 2.05) is 6.20 Å². The standard InChI is InChI=1S/C37H41NSi2/c1-24-29(25-14-16-28(17-15-25)39(5,6)7)18-19-31-32-20-21-38-34(36(32)40(8,9)35(24)31)27-22-26-12-10-11-13-30(26)33(23-27)37(2,3)4/h10-23H,1-9H3. The van der Waals surface area contributed by atoms with E-state index in [9.17, 15) is 0 Å². The van der Waals surface area contributed by atoms with Crippen molar-refractivity contribution in [1.29, 1.82) is 0 Å². The molecule has 0 saturated heterocycles. The lowest BCUT2D eigenvalue weighted by Crippen LogP contribution is -2.51. The van der Waals surface area contributed by atoms with Crippen molar-refractivity contribution in [2.75, 3.05) is 0 Å². The monoisotopic (exact) mass is 555 g/mol. The van der Waals surface area contributed by atoms with Crippen LogP contribution in [-0.2, 0) is 5.41 Å². The van der Waals surface area contributed by atoms with Gasteiger partial charge in [0.1, 0.15) is 8.07 Å². The molecule has 0 aliphatic carbocycles. The molecule has 2 heterocycles. The maximum Gasteiger partial charge on any atom is 0.117 e. The van der Waals surface area contributed by atoms with Crippen molar-refractivity contribution in [3.8, 4) is 33.5 Å². The highest BCUT2D eigenvalue weighted by atomic mass is 28.3. The molecule has 0 amide bonds. The third-order valence-electron chi connectivity index (χ3n) is 8.96. The fourth-order valence-corrected chi connectivity index (χ4v) is 12.0. The zero-order valence-corrected chi connectivity index (χ0v) is 27.5. The van der Waals surface area contributed by atoms with Gasteiger partial charge >= 0.3 is 0 Å². The molecule has 0 fully saturated rings. The maximum absolute atomic E-state index is 5.11. The van der Waals surface area contributed by atoms with Crippen LogP contribution in [0.3, 0.4) is 0 Å². The van der Waals surface area contributed by atoms with Crippen molar-refractivity contribution in [2.45, 2.75) is 65.8 Å². The van der Waals surface area contributed by atoms with Gasteiger partial charge < -0.3 is 0 Å². The third-order valence-corrected chi connectivity index (χ3v) is 14.7. The third kappa shape index (κ3) is 4.22. The minimum atomic E-state index is -2.04. The highest BCUT2D eigenvalue weighted by Crippen LogP contribution is 2.39. The molecule has 6 rings (SSSR count). The van der Waals surface area contributed by atoms with Crippen molar-refractivity contribution < 1.29 is 0 Å². The number of pyridine rings is 1. The second-order valence-electron chi connectivity index (χ2n) is 14.2. The molecule has 0 radical (unpaired) electrons. The number of fused-ring (bicyclic) bond motifs is 4. The van der Waals surface area contributed by atoms with Crippen LogP contribution in [-0.4, -0.2) is 21.1 Å². The average Bonchev–Trinajstić information content (AvgIpc) is 3.14. The van der Waals surface area contributed by atoms with E-state index >= 15 is 0 Å². The van der Waals surface area contributed by atoms with E-state index in [-0.39, 0.29) is 5.41 Å². The summed E-state index contributed by atoms with van der Waals surface area (Å²) in [7, 11) is -3.37. The van der Waals surface area contributed by atoms with Crippen LogP contribution in [0.5, 0.6) is 0 Å². The van der Waals surface area contributed by atoms with Gasteiger partial charge in [0.2, 0.25) is 0 Å². The predicted molar refractivity (Wildman–Crippen MR) is 181 cm³/mol. The summed E-state index contributed by atoms with van der Waals surface area (Å²) in [5.74, 6) is 0. The van der Waals surface area contributed by atoms with E-state index in [2.05, 4.69) is 139 Å². The highest BCUT2D eigenvalue weighted by Gasteiger charge is 2.42. The number of hydrogen-bond acceptors (Lipinski definition) is 1. The van der Waals surface area contributed by atoms with Gasteiger partial charge in [0.15, 0.2) is 0 Å². The molecule has 3 heteroatoms. The smallest absolute Gasteiger partial charge is 0.117 e. The van der Waals surface area contributed by atoms with Crippen molar-refractivity contribution >= 4 is 42.5 Å². The molecule has 0 N–H and O–H groups in total. The Morgan fingerprint density at radius 1 is 0.700 bits per heavy atom. The number of hydrogen-bond donors (Lipinski definition) is 0. The summed E-state index contributed by atoms with van der Waals surface area (Å²) in [4.78, 5) is 5.11. The fourth-order valence-electron chi connectivity index (χ4n) is 6.93. The molecule has 5 aromatic rings. The first-order valence-electron chi connectivity index (χ1n) is 14.6. The van der Waals surface area contributed by atoms with Crippen LogP contribution in [0.25, 0.3) is 44.3 Å². The van der Waals surface area contributed by atoms with Gasteiger partial charge in [-0.15, -0.1) is 0 Å². The molecule has 4 aromatic carbocycles. The molecule has 1 aromatic heterocycles. The van der Waals surface area contributed by atoms with Gasteiger partial charge in [-0.3, -0.25) is 4.98 Å². The number of aromatic nitrogens is 1. The van der Waals surface area contributed by atoms with E-state index in [0.717, 1.165) is 0 Å². The summed E-state index contributed by atoms with van der Waals surface area (Å²) >= 11 is 0. The maximum atomic E-state index is 5.11. The molecule has 0 atom stereocenters. The van der Waals surface area contributed by atoms with Crippen LogP contribution >= 0.6 is 0 Å². The van der Waals surface area contributed by atoms with E-state index in [0.29, 0.717) is 0 Å². The van der Waals surface area contributed by atoms with Crippen LogP contribution < -0.4 is 15.6 Å². The van der Waals surface area contributed by atoms with E-state index in [4.69, 9.17) is 4.98 Å². The van der Waals surface area contributed by atoms with Gasteiger partial charge in [-0.2, -0.15) is 0 Å². The first-order chi connectivity index (χ1) is 18.8. The van der Waals surface area contributed by atoms with Crippen LogP contribution in [0.1, 0.15) is 31.9 Å². The van der Waals surface area contributed by atoms with E-state index in [1.165, 1.54) is 65.8 Å². The normalized spacial score (nSPS) is 14.3. The van der Waals surface area contributed by atoms with E-state index < -0.39 is 16.1 Å². The summed E-state index contributed by atoms with van der Waals surface area (Å²) in [5, 5.41) is 7.19. The number of nitrogens with zero attached hydrogens (tertiary/aromatic N) is 1. The molecule has 0 unspecified atom stereocenters. The highest BCUT2D eigenvalue weighted by molar-refractivity contribution is 7.04. The zero-order valence-electron chi connectivity index (χ0n) is 25.5. The molecule has 202 valence electrons. The number of rotatable bonds is 3.